The monoisotopic (exact) mass is 342 g/mol. The van der Waals surface area contributed by atoms with E-state index < -0.39 is 5.97 Å². The molecule has 1 aromatic carbocycles. The maximum Gasteiger partial charge on any atom is 0.328 e. The first-order valence-corrected chi connectivity index (χ1v) is 8.36. The molecule has 2 unspecified atom stereocenters. The van der Waals surface area contributed by atoms with Gasteiger partial charge >= 0.3 is 5.97 Å². The van der Waals surface area contributed by atoms with Crippen LogP contribution in [0.3, 0.4) is 0 Å². The second-order valence-corrected chi connectivity index (χ2v) is 5.75. The first-order chi connectivity index (χ1) is 11.2. The fourth-order valence-corrected chi connectivity index (χ4v) is 2.01. The lowest BCUT2D eigenvalue weighted by Gasteiger charge is -2.12. The number of carboxylic acid groups (broad SMARTS) is 1. The van der Waals surface area contributed by atoms with Crippen molar-refractivity contribution in [3.05, 3.63) is 42.5 Å². The molecule has 0 amide bonds. The first-order valence-electron chi connectivity index (χ1n) is 7.21. The van der Waals surface area contributed by atoms with Crippen LogP contribution in [0.4, 0.5) is 0 Å². The SMILES string of the molecule is O=C(O)C=CC(Oc1ccccc1)C1CO1.OCCSCCO. The van der Waals surface area contributed by atoms with Gasteiger partial charge in [0.1, 0.15) is 18.0 Å². The predicted molar refractivity (Wildman–Crippen MR) is 88.9 cm³/mol. The van der Waals surface area contributed by atoms with Crippen LogP contribution in [0.25, 0.3) is 0 Å². The summed E-state index contributed by atoms with van der Waals surface area (Å²) in [6.45, 7) is 1.04. The molecule has 6 nitrogen and oxygen atoms in total. The number of thioether (sulfide) groups is 1. The van der Waals surface area contributed by atoms with E-state index in [-0.39, 0.29) is 25.4 Å². The zero-order chi connectivity index (χ0) is 16.9. The highest BCUT2D eigenvalue weighted by Gasteiger charge is 2.32. The molecule has 2 rings (SSSR count). The molecule has 23 heavy (non-hydrogen) atoms. The maximum atomic E-state index is 10.4. The molecule has 0 aromatic heterocycles. The van der Waals surface area contributed by atoms with Crippen molar-refractivity contribution in [1.82, 2.24) is 0 Å². The van der Waals surface area contributed by atoms with Crippen LogP contribution in [-0.2, 0) is 9.53 Å². The highest BCUT2D eigenvalue weighted by Crippen LogP contribution is 2.21. The average Bonchev–Trinajstić information content (AvgIpc) is 3.38. The fraction of sp³-hybridized carbons (Fsp3) is 0.438. The predicted octanol–water partition coefficient (Wildman–Crippen LogP) is 1.18. The third-order valence-corrected chi connectivity index (χ3v) is 3.58. The Kier molecular flexibility index (Phi) is 10.1. The number of carboxylic acids is 1. The molecule has 0 radical (unpaired) electrons. The van der Waals surface area contributed by atoms with Crippen molar-refractivity contribution in [3.63, 3.8) is 0 Å². The van der Waals surface area contributed by atoms with E-state index in [2.05, 4.69) is 0 Å². The minimum atomic E-state index is -0.984. The summed E-state index contributed by atoms with van der Waals surface area (Å²) in [4.78, 5) is 10.4. The van der Waals surface area contributed by atoms with Gasteiger partial charge < -0.3 is 24.8 Å². The number of rotatable bonds is 9. The number of aliphatic hydroxyl groups is 2. The van der Waals surface area contributed by atoms with Crippen LogP contribution in [0.2, 0.25) is 0 Å². The van der Waals surface area contributed by atoms with E-state index in [1.165, 1.54) is 6.08 Å². The van der Waals surface area contributed by atoms with E-state index in [0.717, 1.165) is 17.6 Å². The Morgan fingerprint density at radius 1 is 1.30 bits per heavy atom. The van der Waals surface area contributed by atoms with Gasteiger partial charge in [-0.2, -0.15) is 11.8 Å². The molecule has 0 spiro atoms. The van der Waals surface area contributed by atoms with E-state index in [9.17, 15) is 4.79 Å². The number of para-hydroxylation sites is 1. The van der Waals surface area contributed by atoms with Crippen molar-refractivity contribution in [3.8, 4) is 5.75 Å². The van der Waals surface area contributed by atoms with Crippen LogP contribution in [0, 0.1) is 0 Å². The van der Waals surface area contributed by atoms with Crippen molar-refractivity contribution in [1.29, 1.82) is 0 Å². The summed E-state index contributed by atoms with van der Waals surface area (Å²) in [6, 6.07) is 9.26. The number of carbonyl (C=O) groups is 1. The highest BCUT2D eigenvalue weighted by molar-refractivity contribution is 7.99. The van der Waals surface area contributed by atoms with Gasteiger partial charge in [-0.3, -0.25) is 0 Å². The summed E-state index contributed by atoms with van der Waals surface area (Å²) < 4.78 is 10.7. The minimum Gasteiger partial charge on any atom is -0.484 e. The zero-order valence-electron chi connectivity index (χ0n) is 12.7. The standard InChI is InChI=1S/C12H12O4.C4H10O2S/c13-12(14)7-6-10(11-8-15-11)16-9-4-2-1-3-5-9;5-1-3-7-4-2-6/h1-7,10-11H,8H2,(H,13,14);5-6H,1-4H2. The fourth-order valence-electron chi connectivity index (χ4n) is 1.55. The van der Waals surface area contributed by atoms with Gasteiger partial charge in [0.15, 0.2) is 0 Å². The normalized spacial score (nSPS) is 17.2. The second kappa shape index (κ2) is 12.0. The molecule has 1 saturated heterocycles. The van der Waals surface area contributed by atoms with Crippen molar-refractivity contribution >= 4 is 17.7 Å². The lowest BCUT2D eigenvalue weighted by Crippen LogP contribution is -2.20. The van der Waals surface area contributed by atoms with E-state index in [1.54, 1.807) is 11.8 Å². The molecule has 1 fully saturated rings. The van der Waals surface area contributed by atoms with Crippen LogP contribution < -0.4 is 4.74 Å². The van der Waals surface area contributed by atoms with Crippen LogP contribution in [0.5, 0.6) is 5.75 Å². The van der Waals surface area contributed by atoms with E-state index in [0.29, 0.717) is 12.4 Å². The second-order valence-electron chi connectivity index (χ2n) is 4.52. The van der Waals surface area contributed by atoms with Crippen LogP contribution in [0.15, 0.2) is 42.5 Å². The lowest BCUT2D eigenvalue weighted by molar-refractivity contribution is -0.131. The third kappa shape index (κ3) is 9.96. The Balaban J connectivity index is 0.000000322. The quantitative estimate of drug-likeness (QED) is 0.352. The highest BCUT2D eigenvalue weighted by atomic mass is 32.2. The maximum absolute atomic E-state index is 10.4. The summed E-state index contributed by atoms with van der Waals surface area (Å²) in [5.41, 5.74) is 0. The molecule has 1 aliphatic rings. The summed E-state index contributed by atoms with van der Waals surface area (Å²) >= 11 is 1.55. The first kappa shape index (κ1) is 19.5. The third-order valence-electron chi connectivity index (χ3n) is 2.64. The lowest BCUT2D eigenvalue weighted by atomic mass is 10.2. The van der Waals surface area contributed by atoms with Gasteiger partial charge in [-0.1, -0.05) is 18.2 Å². The van der Waals surface area contributed by atoms with Crippen LogP contribution in [-0.4, -0.2) is 64.8 Å². The van der Waals surface area contributed by atoms with Crippen molar-refractivity contribution in [2.24, 2.45) is 0 Å². The average molecular weight is 342 g/mol. The van der Waals surface area contributed by atoms with Gasteiger partial charge in [0.25, 0.3) is 0 Å². The summed E-state index contributed by atoms with van der Waals surface area (Å²) in [5.74, 6) is 1.20. The number of aliphatic hydroxyl groups excluding tert-OH is 2. The smallest absolute Gasteiger partial charge is 0.328 e. The summed E-state index contributed by atoms with van der Waals surface area (Å²) in [6.07, 6.45) is 2.22. The van der Waals surface area contributed by atoms with Gasteiger partial charge in [0.2, 0.25) is 0 Å². The number of hydrogen-bond donors (Lipinski definition) is 3. The topological polar surface area (TPSA) is 99.5 Å². The minimum absolute atomic E-state index is 0.0317. The van der Waals surface area contributed by atoms with E-state index in [4.69, 9.17) is 24.8 Å². The molecule has 128 valence electrons. The molecule has 1 aromatic rings. The Morgan fingerprint density at radius 2 is 1.91 bits per heavy atom. The Labute approximate surface area is 139 Å². The van der Waals surface area contributed by atoms with Crippen molar-refractivity contribution in [2.45, 2.75) is 12.2 Å². The van der Waals surface area contributed by atoms with E-state index in [1.807, 2.05) is 30.3 Å². The number of epoxide rings is 1. The largest absolute Gasteiger partial charge is 0.484 e. The van der Waals surface area contributed by atoms with E-state index >= 15 is 0 Å². The van der Waals surface area contributed by atoms with Gasteiger partial charge in [-0.25, -0.2) is 4.79 Å². The van der Waals surface area contributed by atoms with Gasteiger partial charge in [0.05, 0.1) is 19.8 Å². The van der Waals surface area contributed by atoms with Crippen molar-refractivity contribution < 1.29 is 29.6 Å². The van der Waals surface area contributed by atoms with Crippen LogP contribution >= 0.6 is 11.8 Å². The summed E-state index contributed by atoms with van der Waals surface area (Å²) in [5, 5.41) is 24.9. The Bertz CT molecular complexity index is 457. The molecule has 7 heteroatoms. The summed E-state index contributed by atoms with van der Waals surface area (Å²) in [7, 11) is 0. The zero-order valence-corrected chi connectivity index (χ0v) is 13.5. The number of hydrogen-bond acceptors (Lipinski definition) is 6. The molecule has 1 aliphatic heterocycles. The molecule has 2 atom stereocenters. The van der Waals surface area contributed by atoms with Gasteiger partial charge in [-0.05, 0) is 18.2 Å². The molecular formula is C16H22O6S. The molecule has 3 N–H and O–H groups in total. The number of aliphatic carboxylic acids is 1. The number of benzene rings is 1. The number of ether oxygens (including phenoxy) is 2. The van der Waals surface area contributed by atoms with Gasteiger partial charge in [0, 0.05) is 17.6 Å². The Morgan fingerprint density at radius 3 is 2.39 bits per heavy atom. The van der Waals surface area contributed by atoms with Gasteiger partial charge in [-0.15, -0.1) is 0 Å². The molecular weight excluding hydrogens is 320 g/mol. The molecule has 0 saturated carbocycles. The van der Waals surface area contributed by atoms with Crippen LogP contribution in [0.1, 0.15) is 0 Å². The molecule has 0 aliphatic carbocycles. The Hall–Kier alpha value is -1.54. The molecule has 0 bridgehead atoms. The van der Waals surface area contributed by atoms with Crippen molar-refractivity contribution in [2.75, 3.05) is 31.3 Å². The molecule has 1 heterocycles.